The van der Waals surface area contributed by atoms with Gasteiger partial charge in [-0.05, 0) is 49.6 Å². The average Bonchev–Trinajstić information content (AvgIpc) is 2.95. The number of rotatable bonds is 4. The Bertz CT molecular complexity index is 1760. The first-order valence-electron chi connectivity index (χ1n) is 14.1. The van der Waals surface area contributed by atoms with Gasteiger partial charge in [0.1, 0.15) is 0 Å². The highest BCUT2D eigenvalue weighted by Gasteiger charge is 2.13. The third-order valence-electron chi connectivity index (χ3n) is 5.07. The lowest BCUT2D eigenvalue weighted by atomic mass is 9.79. The molecule has 5 rings (SSSR count). The van der Waals surface area contributed by atoms with E-state index in [2.05, 4.69) is 0 Å². The minimum Gasteiger partial charge on any atom is -0.423 e. The summed E-state index contributed by atoms with van der Waals surface area (Å²) in [5.74, 6) is 0. The molecule has 5 aromatic rings. The molecule has 31 heavy (non-hydrogen) atoms. The average molecular weight is 409 g/mol. The van der Waals surface area contributed by atoms with Gasteiger partial charge in [0.05, 0.1) is 12.3 Å². The number of fused-ring (bicyclic) bond motifs is 1. The van der Waals surface area contributed by atoms with Gasteiger partial charge in [-0.15, -0.1) is 0 Å². The van der Waals surface area contributed by atoms with Gasteiger partial charge in [-0.25, -0.2) is 0 Å². The first-order chi connectivity index (χ1) is 19.0. The summed E-state index contributed by atoms with van der Waals surface area (Å²) in [6.45, 7) is 0. The Labute approximate surface area is 194 Å². The van der Waals surface area contributed by atoms with E-state index in [-0.39, 0.29) is 16.7 Å². The maximum absolute atomic E-state index is 9.47. The molecule has 0 aliphatic carbocycles. The normalized spacial score (nSPS) is 15.0. The molecule has 0 saturated heterocycles. The van der Waals surface area contributed by atoms with Gasteiger partial charge in [-0.2, -0.15) is 0 Å². The van der Waals surface area contributed by atoms with Crippen molar-refractivity contribution in [2.45, 2.75) is 0 Å². The Morgan fingerprint density at radius 3 is 1.71 bits per heavy atom. The van der Waals surface area contributed by atoms with E-state index >= 15 is 0 Å². The predicted octanol–water partition coefficient (Wildman–Crippen LogP) is 5.52. The molecule has 0 radical (unpaired) electrons. The summed E-state index contributed by atoms with van der Waals surface area (Å²) >= 11 is 0. The summed E-state index contributed by atoms with van der Waals surface area (Å²) in [5, 5.41) is 20.4. The first kappa shape index (κ1) is 11.7. The predicted molar refractivity (Wildman–Crippen MR) is 130 cm³/mol. The van der Waals surface area contributed by atoms with Gasteiger partial charge in [0.25, 0.3) is 0 Å². The van der Waals surface area contributed by atoms with Crippen LogP contribution < -0.4 is 5.46 Å². The lowest BCUT2D eigenvalue weighted by Crippen LogP contribution is -2.29. The maximum atomic E-state index is 9.47. The Kier molecular flexibility index (Phi) is 3.10. The molecule has 0 aliphatic heterocycles. The maximum Gasteiger partial charge on any atom is 0.488 e. The molecular formula is C28H21BO2. The second-order valence-corrected chi connectivity index (χ2v) is 6.95. The zero-order valence-electron chi connectivity index (χ0n) is 25.2. The van der Waals surface area contributed by atoms with Crippen molar-refractivity contribution >= 4 is 23.4 Å². The molecule has 0 amide bonds. The Morgan fingerprint density at radius 2 is 1.10 bits per heavy atom. The van der Waals surface area contributed by atoms with E-state index in [9.17, 15) is 10.0 Å². The Morgan fingerprint density at radius 1 is 0.548 bits per heavy atom. The molecule has 5 aromatic carbocycles. The zero-order chi connectivity index (χ0) is 29.0. The summed E-state index contributed by atoms with van der Waals surface area (Å²) in [4.78, 5) is 0. The van der Waals surface area contributed by atoms with E-state index in [1.54, 1.807) is 36.4 Å². The molecular weight excluding hydrogens is 379 g/mol. The van der Waals surface area contributed by atoms with Crippen molar-refractivity contribution in [1.29, 1.82) is 0 Å². The Balaban J connectivity index is 1.82. The van der Waals surface area contributed by atoms with Crippen molar-refractivity contribution in [3.8, 4) is 33.4 Å². The molecule has 2 N–H and O–H groups in total. The summed E-state index contributed by atoms with van der Waals surface area (Å²) in [6, 6.07) is 12.4. The lowest BCUT2D eigenvalue weighted by molar-refractivity contribution is 0.426. The third-order valence-corrected chi connectivity index (χ3v) is 5.07. The van der Waals surface area contributed by atoms with E-state index in [1.807, 2.05) is 24.3 Å². The van der Waals surface area contributed by atoms with Crippen LogP contribution in [0.5, 0.6) is 0 Å². The van der Waals surface area contributed by atoms with E-state index in [1.165, 1.54) is 0 Å². The quantitative estimate of drug-likeness (QED) is 0.384. The van der Waals surface area contributed by atoms with Crippen molar-refractivity contribution in [2.24, 2.45) is 0 Å². The molecule has 0 saturated carbocycles. The molecule has 0 spiro atoms. The van der Waals surface area contributed by atoms with Crippen LogP contribution in [0.25, 0.3) is 44.2 Å². The van der Waals surface area contributed by atoms with Crippen molar-refractivity contribution < 1.29 is 22.4 Å². The largest absolute Gasteiger partial charge is 0.488 e. The van der Waals surface area contributed by atoms with Gasteiger partial charge in [0.15, 0.2) is 0 Å². The van der Waals surface area contributed by atoms with Gasteiger partial charge in [0.2, 0.25) is 0 Å². The van der Waals surface area contributed by atoms with Gasteiger partial charge in [-0.1, -0.05) is 115 Å². The highest BCUT2D eigenvalue weighted by Crippen LogP contribution is 2.37. The molecule has 0 fully saturated rings. The van der Waals surface area contributed by atoms with E-state index in [4.69, 9.17) is 12.3 Å². The summed E-state index contributed by atoms with van der Waals surface area (Å²) in [7, 11) is -1.62. The van der Waals surface area contributed by atoms with Crippen LogP contribution in [-0.2, 0) is 0 Å². The fourth-order valence-electron chi connectivity index (χ4n) is 3.57. The van der Waals surface area contributed by atoms with E-state index in [0.29, 0.717) is 16.4 Å². The molecule has 0 bridgehead atoms. The van der Waals surface area contributed by atoms with Crippen LogP contribution in [0.1, 0.15) is 12.3 Å². The monoisotopic (exact) mass is 409 g/mol. The third kappa shape index (κ3) is 3.77. The van der Waals surface area contributed by atoms with Crippen molar-refractivity contribution in [2.75, 3.05) is 0 Å². The molecule has 0 unspecified atom stereocenters. The topological polar surface area (TPSA) is 40.5 Å². The van der Waals surface area contributed by atoms with Gasteiger partial charge >= 0.3 is 7.12 Å². The molecule has 148 valence electrons. The number of hydrogen-bond donors (Lipinski definition) is 2. The van der Waals surface area contributed by atoms with Crippen LogP contribution in [0.4, 0.5) is 0 Å². The summed E-state index contributed by atoms with van der Waals surface area (Å²) < 4.78 is 75.7. The minimum absolute atomic E-state index is 0.00608. The Hall–Kier alpha value is -3.66. The van der Waals surface area contributed by atoms with Crippen molar-refractivity contribution in [3.05, 3.63) is 115 Å². The van der Waals surface area contributed by atoms with Crippen LogP contribution in [0.2, 0.25) is 0 Å². The number of benzene rings is 5. The number of hydrogen-bond acceptors (Lipinski definition) is 2. The van der Waals surface area contributed by atoms with Crippen LogP contribution in [0, 0.1) is 0 Å². The van der Waals surface area contributed by atoms with Crippen LogP contribution in [0.15, 0.2) is 115 Å². The van der Waals surface area contributed by atoms with Crippen LogP contribution in [-0.4, -0.2) is 17.2 Å². The van der Waals surface area contributed by atoms with E-state index < -0.39 is 61.5 Å². The molecule has 0 aliphatic rings. The SMILES string of the molecule is [2H]c1c([2H])c([2H])c(-c2c([2H])c([2H])c(-c3cccc4cccc(-c5ccc(B(O)O)cc5)c34)c([2H])c2[2H])c([2H])c1[2H]. The molecule has 3 heteroatoms. The van der Waals surface area contributed by atoms with Crippen molar-refractivity contribution in [1.82, 2.24) is 0 Å². The lowest BCUT2D eigenvalue weighted by Gasteiger charge is -2.13. The van der Waals surface area contributed by atoms with Crippen LogP contribution >= 0.6 is 0 Å². The second kappa shape index (κ2) is 8.23. The highest BCUT2D eigenvalue weighted by molar-refractivity contribution is 6.58. The smallest absolute Gasteiger partial charge is 0.423 e. The fourth-order valence-corrected chi connectivity index (χ4v) is 3.57. The highest BCUT2D eigenvalue weighted by atomic mass is 16.4. The summed E-state index contributed by atoms with van der Waals surface area (Å²) in [6.07, 6.45) is 0. The summed E-state index contributed by atoms with van der Waals surface area (Å²) in [5.41, 5.74) is 1.43. The second-order valence-electron chi connectivity index (χ2n) is 6.95. The molecule has 2 nitrogen and oxygen atoms in total. The zero-order valence-corrected chi connectivity index (χ0v) is 16.2. The van der Waals surface area contributed by atoms with Gasteiger partial charge in [0, 0.05) is 0 Å². The molecule has 0 heterocycles. The fraction of sp³-hybridized carbons (Fsp3) is 0. The molecule has 0 aromatic heterocycles. The standard InChI is InChI=1S/C28H21BO2/c30-29(31)25-18-16-23(17-19-25)27-11-5-9-24-8-4-10-26(28(24)27)22-14-12-21(13-15-22)20-6-2-1-3-7-20/h1-19,30-31H/i1D,2D,3D,6D,7D,12D,13D,14D,15D. The minimum atomic E-state index is -1.62. The van der Waals surface area contributed by atoms with Crippen LogP contribution in [0.3, 0.4) is 0 Å². The molecule has 0 atom stereocenters. The van der Waals surface area contributed by atoms with Gasteiger partial charge < -0.3 is 10.0 Å². The first-order valence-corrected chi connectivity index (χ1v) is 9.61. The van der Waals surface area contributed by atoms with E-state index in [0.717, 1.165) is 16.5 Å². The van der Waals surface area contributed by atoms with Gasteiger partial charge in [-0.3, -0.25) is 0 Å². The van der Waals surface area contributed by atoms with Crippen molar-refractivity contribution in [3.63, 3.8) is 0 Å².